The number of nitrogens with one attached hydrogen (secondary N) is 1. The van der Waals surface area contributed by atoms with E-state index in [-0.39, 0.29) is 11.9 Å². The van der Waals surface area contributed by atoms with Gasteiger partial charge in [0.1, 0.15) is 5.82 Å². The number of hydrogen-bond donors (Lipinski definition) is 1. The van der Waals surface area contributed by atoms with Crippen LogP contribution in [-0.4, -0.2) is 7.05 Å². The van der Waals surface area contributed by atoms with Crippen LogP contribution in [0.5, 0.6) is 0 Å². The van der Waals surface area contributed by atoms with Crippen molar-refractivity contribution < 1.29 is 4.39 Å². The van der Waals surface area contributed by atoms with Crippen LogP contribution in [-0.2, 0) is 6.42 Å². The van der Waals surface area contributed by atoms with Gasteiger partial charge in [0.25, 0.3) is 0 Å². The minimum absolute atomic E-state index is 0.0781. The molecule has 1 aromatic carbocycles. The number of thiophene rings is 1. The van der Waals surface area contributed by atoms with Gasteiger partial charge in [-0.3, -0.25) is 0 Å². The van der Waals surface area contributed by atoms with Crippen LogP contribution in [0.1, 0.15) is 34.5 Å². The topological polar surface area (TPSA) is 12.0 Å². The van der Waals surface area contributed by atoms with Crippen LogP contribution in [0.3, 0.4) is 0 Å². The average molecular weight is 263 g/mol. The Hall–Kier alpha value is -1.19. The largest absolute Gasteiger partial charge is 0.309 e. The van der Waals surface area contributed by atoms with Gasteiger partial charge in [-0.15, -0.1) is 11.3 Å². The lowest BCUT2D eigenvalue weighted by molar-refractivity contribution is 0.616. The second kappa shape index (κ2) is 5.63. The summed E-state index contributed by atoms with van der Waals surface area (Å²) in [5, 5.41) is 5.40. The van der Waals surface area contributed by atoms with Crippen LogP contribution in [0, 0.1) is 12.7 Å². The predicted molar refractivity (Wildman–Crippen MR) is 75.7 cm³/mol. The second-order valence-electron chi connectivity index (χ2n) is 4.45. The molecule has 1 aromatic heterocycles. The summed E-state index contributed by atoms with van der Waals surface area (Å²) in [6.45, 7) is 4.07. The maximum absolute atomic E-state index is 13.5. The molecule has 0 amide bonds. The van der Waals surface area contributed by atoms with Crippen molar-refractivity contribution >= 4 is 11.3 Å². The van der Waals surface area contributed by atoms with Gasteiger partial charge >= 0.3 is 0 Å². The van der Waals surface area contributed by atoms with E-state index in [4.69, 9.17) is 0 Å². The lowest BCUT2D eigenvalue weighted by Crippen LogP contribution is -2.18. The van der Waals surface area contributed by atoms with E-state index in [1.165, 1.54) is 10.4 Å². The fourth-order valence-corrected chi connectivity index (χ4v) is 3.41. The molecule has 1 unspecified atom stereocenters. The van der Waals surface area contributed by atoms with Crippen molar-refractivity contribution in [3.8, 4) is 0 Å². The van der Waals surface area contributed by atoms with Crippen LogP contribution in [0.2, 0.25) is 0 Å². The summed E-state index contributed by atoms with van der Waals surface area (Å²) in [7, 11) is 1.92. The van der Waals surface area contributed by atoms with Gasteiger partial charge < -0.3 is 5.32 Å². The number of benzene rings is 1. The van der Waals surface area contributed by atoms with Crippen molar-refractivity contribution in [1.82, 2.24) is 5.32 Å². The maximum Gasteiger partial charge on any atom is 0.123 e. The van der Waals surface area contributed by atoms with Crippen molar-refractivity contribution in [1.29, 1.82) is 0 Å². The molecule has 2 rings (SSSR count). The first kappa shape index (κ1) is 13.2. The van der Waals surface area contributed by atoms with E-state index < -0.39 is 0 Å². The first-order valence-electron chi connectivity index (χ1n) is 6.16. The Bertz CT molecular complexity index is 513. The number of aryl methyl sites for hydroxylation is 2. The Labute approximate surface area is 112 Å². The summed E-state index contributed by atoms with van der Waals surface area (Å²) in [5.74, 6) is -0.167. The van der Waals surface area contributed by atoms with Gasteiger partial charge in [0.2, 0.25) is 0 Å². The molecule has 96 valence electrons. The summed E-state index contributed by atoms with van der Waals surface area (Å²) in [6, 6.07) is 7.45. The number of rotatable bonds is 4. The molecular weight excluding hydrogens is 245 g/mol. The molecule has 1 N–H and O–H groups in total. The maximum atomic E-state index is 13.5. The average Bonchev–Trinajstić information content (AvgIpc) is 2.77. The SMILES string of the molecule is CCc1ccsc1C(NC)c1cc(C)cc(F)c1. The van der Waals surface area contributed by atoms with Crippen molar-refractivity contribution in [2.24, 2.45) is 0 Å². The highest BCUT2D eigenvalue weighted by Gasteiger charge is 2.17. The predicted octanol–water partition coefficient (Wildman–Crippen LogP) is 4.07. The zero-order valence-electron chi connectivity index (χ0n) is 11.0. The summed E-state index contributed by atoms with van der Waals surface area (Å²) in [4.78, 5) is 1.28. The Kier molecular flexibility index (Phi) is 4.15. The molecule has 0 radical (unpaired) electrons. The van der Waals surface area contributed by atoms with Crippen LogP contribution < -0.4 is 5.32 Å². The van der Waals surface area contributed by atoms with Crippen molar-refractivity contribution in [3.63, 3.8) is 0 Å². The molecule has 0 spiro atoms. The van der Waals surface area contributed by atoms with Gasteiger partial charge in [0, 0.05) is 4.88 Å². The second-order valence-corrected chi connectivity index (χ2v) is 5.39. The summed E-state index contributed by atoms with van der Waals surface area (Å²) in [6.07, 6.45) is 1.01. The van der Waals surface area contributed by atoms with Crippen molar-refractivity contribution in [3.05, 3.63) is 57.0 Å². The Balaban J connectivity index is 2.45. The van der Waals surface area contributed by atoms with E-state index in [2.05, 4.69) is 23.7 Å². The molecule has 1 nitrogen and oxygen atoms in total. The normalized spacial score (nSPS) is 12.7. The van der Waals surface area contributed by atoms with E-state index in [1.54, 1.807) is 23.5 Å². The highest BCUT2D eigenvalue weighted by atomic mass is 32.1. The molecule has 0 aliphatic rings. The molecule has 0 aliphatic heterocycles. The number of hydrogen-bond acceptors (Lipinski definition) is 2. The first-order valence-corrected chi connectivity index (χ1v) is 7.04. The fourth-order valence-electron chi connectivity index (χ4n) is 2.27. The van der Waals surface area contributed by atoms with E-state index in [1.807, 2.05) is 20.0 Å². The summed E-state index contributed by atoms with van der Waals surface area (Å²) >= 11 is 1.73. The molecule has 0 bridgehead atoms. The smallest absolute Gasteiger partial charge is 0.123 e. The van der Waals surface area contributed by atoms with Gasteiger partial charge in [-0.25, -0.2) is 4.39 Å². The van der Waals surface area contributed by atoms with Crippen LogP contribution in [0.4, 0.5) is 4.39 Å². The van der Waals surface area contributed by atoms with E-state index >= 15 is 0 Å². The van der Waals surface area contributed by atoms with Gasteiger partial charge in [0.15, 0.2) is 0 Å². The summed E-state index contributed by atoms with van der Waals surface area (Å²) < 4.78 is 13.5. The third-order valence-corrected chi connectivity index (χ3v) is 4.13. The molecule has 2 aromatic rings. The van der Waals surface area contributed by atoms with Gasteiger partial charge in [-0.1, -0.05) is 13.0 Å². The molecule has 18 heavy (non-hydrogen) atoms. The molecule has 0 aliphatic carbocycles. The minimum atomic E-state index is -0.167. The first-order chi connectivity index (χ1) is 8.65. The van der Waals surface area contributed by atoms with E-state index in [0.29, 0.717) is 0 Å². The Morgan fingerprint density at radius 3 is 2.72 bits per heavy atom. The molecule has 1 atom stereocenters. The zero-order chi connectivity index (χ0) is 13.1. The third-order valence-electron chi connectivity index (χ3n) is 3.11. The lowest BCUT2D eigenvalue weighted by atomic mass is 10.00. The molecule has 0 fully saturated rings. The van der Waals surface area contributed by atoms with Crippen molar-refractivity contribution in [2.75, 3.05) is 7.05 Å². The monoisotopic (exact) mass is 263 g/mol. The summed E-state index contributed by atoms with van der Waals surface area (Å²) in [5.41, 5.74) is 3.29. The standard InChI is InChI=1S/C15H18FNS/c1-4-11-5-6-18-15(11)14(17-3)12-7-10(2)8-13(16)9-12/h5-9,14,17H,4H2,1-3H3. The lowest BCUT2D eigenvalue weighted by Gasteiger charge is -2.18. The van der Waals surface area contributed by atoms with Gasteiger partial charge in [0.05, 0.1) is 6.04 Å². The minimum Gasteiger partial charge on any atom is -0.309 e. The molecular formula is C15H18FNS. The van der Waals surface area contributed by atoms with Gasteiger partial charge in [-0.05, 0) is 60.7 Å². The van der Waals surface area contributed by atoms with E-state index in [0.717, 1.165) is 17.5 Å². The van der Waals surface area contributed by atoms with Crippen LogP contribution in [0.15, 0.2) is 29.6 Å². The third kappa shape index (κ3) is 2.62. The quantitative estimate of drug-likeness (QED) is 0.877. The zero-order valence-corrected chi connectivity index (χ0v) is 11.8. The van der Waals surface area contributed by atoms with E-state index in [9.17, 15) is 4.39 Å². The molecule has 0 saturated carbocycles. The highest BCUT2D eigenvalue weighted by molar-refractivity contribution is 7.10. The van der Waals surface area contributed by atoms with Crippen LogP contribution in [0.25, 0.3) is 0 Å². The molecule has 1 heterocycles. The Morgan fingerprint density at radius 1 is 1.33 bits per heavy atom. The fraction of sp³-hybridized carbons (Fsp3) is 0.333. The van der Waals surface area contributed by atoms with Gasteiger partial charge in [-0.2, -0.15) is 0 Å². The Morgan fingerprint density at radius 2 is 2.11 bits per heavy atom. The van der Waals surface area contributed by atoms with Crippen LogP contribution >= 0.6 is 11.3 Å². The molecule has 3 heteroatoms. The highest BCUT2D eigenvalue weighted by Crippen LogP contribution is 2.30. The van der Waals surface area contributed by atoms with Crippen molar-refractivity contribution in [2.45, 2.75) is 26.3 Å². The molecule has 0 saturated heterocycles. The number of halogens is 1.